The standard InChI is InChI=1S/C32H42O4Si/c1-7-8-15-26(20-21-33)31-29(34-5)22-25(23-30(31)35-6)24-36-37(32(2,3)4,27-16-11-9-12-17-27)28-18-13-10-14-19-28/h8-19,22-23,26,33H,7,20-21,24H2,1-6H3/b15-8+/t26-/m0/s1. The molecule has 0 aliphatic carbocycles. The first-order valence-corrected chi connectivity index (χ1v) is 15.0. The fourth-order valence-corrected chi connectivity index (χ4v) is 9.71. The molecule has 198 valence electrons. The van der Waals surface area contributed by atoms with Crippen molar-refractivity contribution in [1.82, 2.24) is 0 Å². The third-order valence-corrected chi connectivity index (χ3v) is 11.9. The zero-order chi connectivity index (χ0) is 26.9. The van der Waals surface area contributed by atoms with E-state index in [1.165, 1.54) is 10.4 Å². The van der Waals surface area contributed by atoms with Gasteiger partial charge in [0.15, 0.2) is 0 Å². The van der Waals surface area contributed by atoms with Gasteiger partial charge in [0.05, 0.1) is 20.8 Å². The quantitative estimate of drug-likeness (QED) is 0.229. The molecule has 5 heteroatoms. The number of methoxy groups -OCH3 is 2. The van der Waals surface area contributed by atoms with Crippen LogP contribution in [0.1, 0.15) is 57.6 Å². The van der Waals surface area contributed by atoms with Crippen molar-refractivity contribution in [1.29, 1.82) is 0 Å². The highest BCUT2D eigenvalue weighted by Gasteiger charge is 2.50. The Balaban J connectivity index is 2.10. The summed E-state index contributed by atoms with van der Waals surface area (Å²) in [6.07, 6.45) is 5.78. The SMILES string of the molecule is CC/C=C/[C@@H](CCO)c1c(OC)cc(CO[Si](c2ccccc2)(c2ccccc2)C(C)(C)C)cc1OC. The fourth-order valence-electron chi connectivity index (χ4n) is 5.17. The predicted molar refractivity (Wildman–Crippen MR) is 156 cm³/mol. The summed E-state index contributed by atoms with van der Waals surface area (Å²) in [5.41, 5.74) is 1.95. The number of ether oxygens (including phenoxy) is 2. The van der Waals surface area contributed by atoms with Crippen molar-refractivity contribution in [3.63, 3.8) is 0 Å². The summed E-state index contributed by atoms with van der Waals surface area (Å²) in [4.78, 5) is 0. The first kappa shape index (κ1) is 28.7. The van der Waals surface area contributed by atoms with Crippen molar-refractivity contribution in [3.8, 4) is 11.5 Å². The Morgan fingerprint density at radius 1 is 0.865 bits per heavy atom. The summed E-state index contributed by atoms with van der Waals surface area (Å²) in [5, 5.41) is 12.1. The molecule has 0 unspecified atom stereocenters. The van der Waals surface area contributed by atoms with Gasteiger partial charge < -0.3 is 19.0 Å². The first-order chi connectivity index (χ1) is 17.8. The minimum Gasteiger partial charge on any atom is -0.496 e. The molecule has 0 saturated carbocycles. The Labute approximate surface area is 224 Å². The van der Waals surface area contributed by atoms with Gasteiger partial charge in [0.2, 0.25) is 0 Å². The summed E-state index contributed by atoms with van der Waals surface area (Å²) >= 11 is 0. The van der Waals surface area contributed by atoms with Gasteiger partial charge in [0.1, 0.15) is 11.5 Å². The predicted octanol–water partition coefficient (Wildman–Crippen LogP) is 6.21. The number of allylic oxidation sites excluding steroid dienone is 2. The molecule has 0 aliphatic heterocycles. The van der Waals surface area contributed by atoms with Crippen LogP contribution in [0.15, 0.2) is 84.9 Å². The van der Waals surface area contributed by atoms with Gasteiger partial charge in [-0.3, -0.25) is 0 Å². The highest BCUT2D eigenvalue weighted by molar-refractivity contribution is 6.99. The van der Waals surface area contributed by atoms with E-state index in [2.05, 4.69) is 113 Å². The van der Waals surface area contributed by atoms with Gasteiger partial charge in [-0.15, -0.1) is 0 Å². The van der Waals surface area contributed by atoms with Crippen LogP contribution in [0.3, 0.4) is 0 Å². The molecule has 3 rings (SSSR count). The largest absolute Gasteiger partial charge is 0.496 e. The van der Waals surface area contributed by atoms with E-state index in [1.807, 2.05) is 0 Å². The third-order valence-electron chi connectivity index (χ3n) is 6.89. The number of rotatable bonds is 12. The van der Waals surface area contributed by atoms with Gasteiger partial charge in [-0.1, -0.05) is 101 Å². The molecule has 0 fully saturated rings. The van der Waals surface area contributed by atoms with Crippen molar-refractivity contribution >= 4 is 18.7 Å². The smallest absolute Gasteiger partial charge is 0.261 e. The van der Waals surface area contributed by atoms with Crippen LogP contribution in [0.4, 0.5) is 0 Å². The summed E-state index contributed by atoms with van der Waals surface area (Å²) in [6, 6.07) is 25.4. The van der Waals surface area contributed by atoms with Crippen molar-refractivity contribution in [2.75, 3.05) is 20.8 Å². The second-order valence-corrected chi connectivity index (χ2v) is 14.6. The molecule has 1 atom stereocenters. The van der Waals surface area contributed by atoms with Gasteiger partial charge >= 0.3 is 0 Å². The maximum atomic E-state index is 9.71. The zero-order valence-electron chi connectivity index (χ0n) is 23.2. The van der Waals surface area contributed by atoms with Crippen molar-refractivity contribution < 1.29 is 19.0 Å². The molecule has 0 radical (unpaired) electrons. The number of aliphatic hydroxyl groups is 1. The average Bonchev–Trinajstić information content (AvgIpc) is 2.91. The lowest BCUT2D eigenvalue weighted by molar-refractivity contribution is 0.278. The molecular formula is C32H42O4Si. The van der Waals surface area contributed by atoms with Crippen LogP contribution in [0.25, 0.3) is 0 Å². The summed E-state index contributed by atoms with van der Waals surface area (Å²) in [6.45, 7) is 9.46. The highest BCUT2D eigenvalue weighted by Crippen LogP contribution is 2.41. The molecule has 3 aromatic rings. The highest BCUT2D eigenvalue weighted by atomic mass is 28.4. The zero-order valence-corrected chi connectivity index (χ0v) is 24.2. The Morgan fingerprint density at radius 3 is 1.78 bits per heavy atom. The Hall–Kier alpha value is -2.86. The lowest BCUT2D eigenvalue weighted by atomic mass is 9.92. The molecule has 0 heterocycles. The number of hydrogen-bond donors (Lipinski definition) is 1. The van der Waals surface area contributed by atoms with Crippen LogP contribution in [-0.2, 0) is 11.0 Å². The Bertz CT molecular complexity index is 1070. The summed E-state index contributed by atoms with van der Waals surface area (Å²) < 4.78 is 18.9. The summed E-state index contributed by atoms with van der Waals surface area (Å²) in [5.74, 6) is 1.50. The van der Waals surface area contributed by atoms with Gasteiger partial charge in [-0.25, -0.2) is 0 Å². The van der Waals surface area contributed by atoms with Crippen LogP contribution in [-0.4, -0.2) is 34.3 Å². The van der Waals surface area contributed by atoms with Crippen LogP contribution < -0.4 is 19.8 Å². The monoisotopic (exact) mass is 518 g/mol. The Kier molecular flexibility index (Phi) is 10.2. The van der Waals surface area contributed by atoms with Crippen molar-refractivity contribution in [2.45, 2.75) is 58.1 Å². The molecule has 4 nitrogen and oxygen atoms in total. The normalized spacial score (nSPS) is 13.1. The molecule has 0 amide bonds. The minimum absolute atomic E-state index is 0.00139. The van der Waals surface area contributed by atoms with E-state index in [4.69, 9.17) is 13.9 Å². The first-order valence-electron chi connectivity index (χ1n) is 13.1. The second kappa shape index (κ2) is 13.1. The van der Waals surface area contributed by atoms with Gasteiger partial charge in [0.25, 0.3) is 8.32 Å². The van der Waals surface area contributed by atoms with E-state index < -0.39 is 8.32 Å². The van der Waals surface area contributed by atoms with Gasteiger partial charge in [0, 0.05) is 18.1 Å². The van der Waals surface area contributed by atoms with E-state index in [0.29, 0.717) is 13.0 Å². The number of aliphatic hydroxyl groups excluding tert-OH is 1. The topological polar surface area (TPSA) is 47.9 Å². The molecule has 0 spiro atoms. The van der Waals surface area contributed by atoms with Gasteiger partial charge in [-0.2, -0.15) is 0 Å². The average molecular weight is 519 g/mol. The molecule has 37 heavy (non-hydrogen) atoms. The number of hydrogen-bond acceptors (Lipinski definition) is 4. The second-order valence-electron chi connectivity index (χ2n) is 10.3. The van der Waals surface area contributed by atoms with E-state index in [-0.39, 0.29) is 17.6 Å². The molecular weight excluding hydrogens is 476 g/mol. The van der Waals surface area contributed by atoms with E-state index in [0.717, 1.165) is 29.0 Å². The molecule has 3 aromatic carbocycles. The molecule has 0 aromatic heterocycles. The molecule has 1 N–H and O–H groups in total. The van der Waals surface area contributed by atoms with E-state index >= 15 is 0 Å². The van der Waals surface area contributed by atoms with E-state index in [1.54, 1.807) is 14.2 Å². The van der Waals surface area contributed by atoms with Crippen LogP contribution >= 0.6 is 0 Å². The maximum absolute atomic E-state index is 9.71. The molecule has 0 aliphatic rings. The lowest BCUT2D eigenvalue weighted by Gasteiger charge is -2.43. The van der Waals surface area contributed by atoms with Crippen LogP contribution in [0.2, 0.25) is 5.04 Å². The maximum Gasteiger partial charge on any atom is 0.261 e. The summed E-state index contributed by atoms with van der Waals surface area (Å²) in [7, 11) is 0.691. The van der Waals surface area contributed by atoms with Crippen LogP contribution in [0, 0.1) is 0 Å². The fraction of sp³-hybridized carbons (Fsp3) is 0.375. The van der Waals surface area contributed by atoms with Crippen LogP contribution in [0.5, 0.6) is 11.5 Å². The molecule has 0 saturated heterocycles. The van der Waals surface area contributed by atoms with Crippen molar-refractivity contribution in [2.24, 2.45) is 0 Å². The minimum atomic E-state index is -2.68. The van der Waals surface area contributed by atoms with E-state index in [9.17, 15) is 5.11 Å². The number of benzene rings is 3. The van der Waals surface area contributed by atoms with Gasteiger partial charge in [-0.05, 0) is 45.9 Å². The lowest BCUT2D eigenvalue weighted by Crippen LogP contribution is -2.66. The third kappa shape index (κ3) is 6.35. The Morgan fingerprint density at radius 2 is 1.38 bits per heavy atom. The van der Waals surface area contributed by atoms with Crippen molar-refractivity contribution in [3.05, 3.63) is 96.1 Å². The molecule has 0 bridgehead atoms.